The molecule has 0 spiro atoms. The minimum Gasteiger partial charge on any atom is -0.508 e. The molecular weight excluding hydrogens is 210 g/mol. The molecule has 1 N–H and O–H groups in total. The van der Waals surface area contributed by atoms with Gasteiger partial charge >= 0.3 is 0 Å². The first-order valence-electron chi connectivity index (χ1n) is 6.78. The monoisotopic (exact) mass is 233 g/mol. The molecule has 2 rings (SSSR count). The Balaban J connectivity index is 2.15. The lowest BCUT2D eigenvalue weighted by atomic mass is 10.0. The first-order valence-corrected chi connectivity index (χ1v) is 6.78. The number of rotatable bonds is 4. The van der Waals surface area contributed by atoms with E-state index < -0.39 is 0 Å². The van der Waals surface area contributed by atoms with Crippen molar-refractivity contribution in [1.29, 1.82) is 0 Å². The molecular formula is C15H23NO. The fourth-order valence-corrected chi connectivity index (χ4v) is 2.92. The molecule has 0 saturated carbocycles. The fourth-order valence-electron chi connectivity index (χ4n) is 2.92. The highest BCUT2D eigenvalue weighted by Crippen LogP contribution is 2.34. The predicted molar refractivity (Wildman–Crippen MR) is 71.1 cm³/mol. The molecule has 0 radical (unpaired) electrons. The smallest absolute Gasteiger partial charge is 0.120 e. The van der Waals surface area contributed by atoms with E-state index in [0.29, 0.717) is 11.8 Å². The number of hydrogen-bond acceptors (Lipinski definition) is 2. The first kappa shape index (κ1) is 12.4. The van der Waals surface area contributed by atoms with E-state index in [0.717, 1.165) is 17.9 Å². The molecule has 94 valence electrons. The summed E-state index contributed by atoms with van der Waals surface area (Å²) in [6.45, 7) is 6.83. The van der Waals surface area contributed by atoms with Crippen LogP contribution in [-0.2, 0) is 0 Å². The molecule has 1 aromatic carbocycles. The van der Waals surface area contributed by atoms with Crippen molar-refractivity contribution in [3.05, 3.63) is 29.8 Å². The summed E-state index contributed by atoms with van der Waals surface area (Å²) in [4.78, 5) is 2.53. The lowest BCUT2D eigenvalue weighted by molar-refractivity contribution is 0.225. The molecule has 1 aliphatic heterocycles. The average molecular weight is 233 g/mol. The zero-order valence-electron chi connectivity index (χ0n) is 10.9. The molecule has 2 nitrogen and oxygen atoms in total. The van der Waals surface area contributed by atoms with Gasteiger partial charge in [0.2, 0.25) is 0 Å². The number of likely N-dealkylation sites (tertiary alicyclic amines) is 1. The van der Waals surface area contributed by atoms with Crippen molar-refractivity contribution in [2.75, 3.05) is 13.1 Å². The highest BCUT2D eigenvalue weighted by Gasteiger charge is 2.28. The van der Waals surface area contributed by atoms with E-state index >= 15 is 0 Å². The molecule has 1 saturated heterocycles. The molecule has 1 aliphatic rings. The lowest BCUT2D eigenvalue weighted by Crippen LogP contribution is -2.26. The second-order valence-electron chi connectivity index (χ2n) is 5.04. The third-order valence-electron chi connectivity index (χ3n) is 4.02. The van der Waals surface area contributed by atoms with Crippen molar-refractivity contribution >= 4 is 0 Å². The van der Waals surface area contributed by atoms with E-state index in [2.05, 4.69) is 24.8 Å². The number of nitrogens with zero attached hydrogens (tertiary/aromatic N) is 1. The second-order valence-corrected chi connectivity index (χ2v) is 5.04. The SMILES string of the molecule is CCC1CCN(C(CC)c2ccccc2O)C1. The zero-order chi connectivity index (χ0) is 12.3. The molecule has 1 heterocycles. The van der Waals surface area contributed by atoms with Crippen molar-refractivity contribution in [1.82, 2.24) is 4.90 Å². The van der Waals surface area contributed by atoms with E-state index in [1.807, 2.05) is 12.1 Å². The first-order chi connectivity index (χ1) is 8.26. The standard InChI is InChI=1S/C15H23NO/c1-3-12-9-10-16(11-12)14(4-2)13-7-5-6-8-15(13)17/h5-8,12,14,17H,3-4,9-11H2,1-2H3. The van der Waals surface area contributed by atoms with Crippen LogP contribution in [0.3, 0.4) is 0 Å². The number of phenols is 1. The van der Waals surface area contributed by atoms with Crippen LogP contribution in [0, 0.1) is 5.92 Å². The Labute approximate surface area is 104 Å². The van der Waals surface area contributed by atoms with Gasteiger partial charge in [0.1, 0.15) is 5.75 Å². The van der Waals surface area contributed by atoms with Gasteiger partial charge in [-0.05, 0) is 31.4 Å². The summed E-state index contributed by atoms with van der Waals surface area (Å²) < 4.78 is 0. The summed E-state index contributed by atoms with van der Waals surface area (Å²) in [5.74, 6) is 1.29. The van der Waals surface area contributed by atoms with Crippen LogP contribution < -0.4 is 0 Å². The molecule has 2 atom stereocenters. The molecule has 0 aliphatic carbocycles. The fraction of sp³-hybridized carbons (Fsp3) is 0.600. The lowest BCUT2D eigenvalue weighted by Gasteiger charge is -2.27. The maximum Gasteiger partial charge on any atom is 0.120 e. The van der Waals surface area contributed by atoms with Crippen LogP contribution in [0.4, 0.5) is 0 Å². The number of phenolic OH excluding ortho intramolecular Hbond substituents is 1. The Kier molecular flexibility index (Phi) is 4.06. The molecule has 1 fully saturated rings. The van der Waals surface area contributed by atoms with Crippen LogP contribution >= 0.6 is 0 Å². The van der Waals surface area contributed by atoms with Gasteiger partial charge in [0.15, 0.2) is 0 Å². The van der Waals surface area contributed by atoms with E-state index in [9.17, 15) is 5.11 Å². The van der Waals surface area contributed by atoms with Gasteiger partial charge in [-0.1, -0.05) is 38.5 Å². The van der Waals surface area contributed by atoms with Gasteiger partial charge in [0.25, 0.3) is 0 Å². The second kappa shape index (κ2) is 5.54. The van der Waals surface area contributed by atoms with Crippen LogP contribution in [0.15, 0.2) is 24.3 Å². The normalized spacial score (nSPS) is 22.8. The topological polar surface area (TPSA) is 23.5 Å². The van der Waals surface area contributed by atoms with Gasteiger partial charge in [-0.15, -0.1) is 0 Å². The molecule has 2 unspecified atom stereocenters. The average Bonchev–Trinajstić information content (AvgIpc) is 2.81. The van der Waals surface area contributed by atoms with Gasteiger partial charge in [-0.25, -0.2) is 0 Å². The summed E-state index contributed by atoms with van der Waals surface area (Å²) in [7, 11) is 0. The molecule has 2 heteroatoms. The van der Waals surface area contributed by atoms with Gasteiger partial charge in [0, 0.05) is 18.2 Å². The Morgan fingerprint density at radius 1 is 1.35 bits per heavy atom. The molecule has 0 amide bonds. The van der Waals surface area contributed by atoms with Crippen LogP contribution in [0.5, 0.6) is 5.75 Å². The Hall–Kier alpha value is -1.02. The molecule has 0 bridgehead atoms. The Morgan fingerprint density at radius 3 is 2.71 bits per heavy atom. The van der Waals surface area contributed by atoms with Crippen LogP contribution in [0.1, 0.15) is 44.7 Å². The summed E-state index contributed by atoms with van der Waals surface area (Å²) in [5.41, 5.74) is 1.09. The Bertz CT molecular complexity index is 364. The number of benzene rings is 1. The van der Waals surface area contributed by atoms with Crippen molar-refractivity contribution < 1.29 is 5.11 Å². The minimum atomic E-state index is 0.382. The third kappa shape index (κ3) is 2.63. The molecule has 0 aromatic heterocycles. The van der Waals surface area contributed by atoms with E-state index in [4.69, 9.17) is 0 Å². The van der Waals surface area contributed by atoms with Gasteiger partial charge in [-0.3, -0.25) is 4.90 Å². The summed E-state index contributed by atoms with van der Waals surface area (Å²) in [6, 6.07) is 8.15. The van der Waals surface area contributed by atoms with Crippen molar-refractivity contribution in [2.24, 2.45) is 5.92 Å². The zero-order valence-corrected chi connectivity index (χ0v) is 10.9. The summed E-state index contributed by atoms with van der Waals surface area (Å²) in [6.07, 6.45) is 3.64. The largest absolute Gasteiger partial charge is 0.508 e. The van der Waals surface area contributed by atoms with Gasteiger partial charge < -0.3 is 5.11 Å². The molecule has 1 aromatic rings. The van der Waals surface area contributed by atoms with Crippen LogP contribution in [0.2, 0.25) is 0 Å². The summed E-state index contributed by atoms with van der Waals surface area (Å²) in [5, 5.41) is 9.97. The third-order valence-corrected chi connectivity index (χ3v) is 4.02. The number of aromatic hydroxyl groups is 1. The highest BCUT2D eigenvalue weighted by molar-refractivity contribution is 5.34. The van der Waals surface area contributed by atoms with E-state index in [1.54, 1.807) is 6.07 Å². The Morgan fingerprint density at radius 2 is 2.12 bits per heavy atom. The van der Waals surface area contributed by atoms with E-state index in [1.165, 1.54) is 25.9 Å². The van der Waals surface area contributed by atoms with Gasteiger partial charge in [-0.2, -0.15) is 0 Å². The van der Waals surface area contributed by atoms with Crippen LogP contribution in [0.25, 0.3) is 0 Å². The highest BCUT2D eigenvalue weighted by atomic mass is 16.3. The predicted octanol–water partition coefficient (Wildman–Crippen LogP) is 3.58. The maximum absolute atomic E-state index is 9.97. The van der Waals surface area contributed by atoms with Crippen LogP contribution in [-0.4, -0.2) is 23.1 Å². The van der Waals surface area contributed by atoms with E-state index in [-0.39, 0.29) is 0 Å². The molecule has 17 heavy (non-hydrogen) atoms. The van der Waals surface area contributed by atoms with Crippen molar-refractivity contribution in [3.63, 3.8) is 0 Å². The quantitative estimate of drug-likeness (QED) is 0.859. The van der Waals surface area contributed by atoms with Gasteiger partial charge in [0.05, 0.1) is 0 Å². The minimum absolute atomic E-state index is 0.382. The summed E-state index contributed by atoms with van der Waals surface area (Å²) >= 11 is 0. The van der Waals surface area contributed by atoms with Crippen molar-refractivity contribution in [3.8, 4) is 5.75 Å². The number of para-hydroxylation sites is 1. The number of hydrogen-bond donors (Lipinski definition) is 1. The van der Waals surface area contributed by atoms with Crippen molar-refractivity contribution in [2.45, 2.75) is 39.2 Å². The maximum atomic E-state index is 9.97.